The van der Waals surface area contributed by atoms with Gasteiger partial charge in [0.2, 0.25) is 0 Å². The summed E-state index contributed by atoms with van der Waals surface area (Å²) in [5.41, 5.74) is 6.15. The van der Waals surface area contributed by atoms with Crippen molar-refractivity contribution in [2.45, 2.75) is 13.8 Å². The number of nitrogens with one attached hydrogen (secondary N) is 1. The number of benzene rings is 2. The highest BCUT2D eigenvalue weighted by atomic mass is 16.5. The van der Waals surface area contributed by atoms with Gasteiger partial charge in [0, 0.05) is 16.6 Å². The van der Waals surface area contributed by atoms with Crippen LogP contribution in [0.3, 0.4) is 0 Å². The molecule has 1 N–H and O–H groups in total. The summed E-state index contributed by atoms with van der Waals surface area (Å²) in [5, 5.41) is 1.26. The van der Waals surface area contributed by atoms with Gasteiger partial charge in [0.1, 0.15) is 5.75 Å². The van der Waals surface area contributed by atoms with Gasteiger partial charge in [-0.2, -0.15) is 0 Å². The molecule has 0 atom stereocenters. The number of aromatic amines is 1. The molecule has 96 valence electrons. The molecule has 3 aromatic rings. The van der Waals surface area contributed by atoms with E-state index in [2.05, 4.69) is 49.2 Å². The lowest BCUT2D eigenvalue weighted by Crippen LogP contribution is -1.82. The second kappa shape index (κ2) is 4.47. The number of rotatable bonds is 2. The molecule has 0 fully saturated rings. The van der Waals surface area contributed by atoms with Crippen LogP contribution < -0.4 is 4.74 Å². The zero-order valence-corrected chi connectivity index (χ0v) is 11.4. The zero-order chi connectivity index (χ0) is 13.4. The van der Waals surface area contributed by atoms with Gasteiger partial charge in [0.15, 0.2) is 0 Å². The van der Waals surface area contributed by atoms with Crippen molar-refractivity contribution in [1.82, 2.24) is 4.98 Å². The fourth-order valence-corrected chi connectivity index (χ4v) is 2.33. The van der Waals surface area contributed by atoms with Gasteiger partial charge in [0.05, 0.1) is 7.11 Å². The van der Waals surface area contributed by atoms with E-state index >= 15 is 0 Å². The van der Waals surface area contributed by atoms with Gasteiger partial charge in [-0.05, 0) is 73.0 Å². The van der Waals surface area contributed by atoms with Crippen molar-refractivity contribution in [3.05, 3.63) is 53.6 Å². The van der Waals surface area contributed by atoms with E-state index in [-0.39, 0.29) is 0 Å². The van der Waals surface area contributed by atoms with Crippen molar-refractivity contribution in [3.63, 3.8) is 0 Å². The molecule has 19 heavy (non-hydrogen) atoms. The first kappa shape index (κ1) is 11.8. The molecule has 2 aromatic carbocycles. The van der Waals surface area contributed by atoms with Gasteiger partial charge < -0.3 is 9.72 Å². The number of ether oxygens (including phenoxy) is 1. The highest BCUT2D eigenvalue weighted by Crippen LogP contribution is 2.27. The molecule has 2 heteroatoms. The van der Waals surface area contributed by atoms with E-state index in [1.165, 1.54) is 27.6 Å². The molecule has 1 heterocycles. The molecule has 2 nitrogen and oxygen atoms in total. The van der Waals surface area contributed by atoms with Crippen molar-refractivity contribution in [3.8, 4) is 17.0 Å². The maximum absolute atomic E-state index is 5.19. The first-order chi connectivity index (χ1) is 9.17. The lowest BCUT2D eigenvalue weighted by atomic mass is 10.1. The van der Waals surface area contributed by atoms with E-state index in [0.29, 0.717) is 0 Å². The van der Waals surface area contributed by atoms with Crippen LogP contribution in [0.25, 0.3) is 22.2 Å². The maximum Gasteiger partial charge on any atom is 0.118 e. The van der Waals surface area contributed by atoms with Crippen molar-refractivity contribution < 1.29 is 4.74 Å². The summed E-state index contributed by atoms with van der Waals surface area (Å²) in [5.74, 6) is 0.881. The zero-order valence-electron chi connectivity index (χ0n) is 11.4. The van der Waals surface area contributed by atoms with Crippen LogP contribution in [0, 0.1) is 13.8 Å². The Morgan fingerprint density at radius 3 is 2.26 bits per heavy atom. The topological polar surface area (TPSA) is 25.0 Å². The van der Waals surface area contributed by atoms with Gasteiger partial charge in [-0.3, -0.25) is 0 Å². The van der Waals surface area contributed by atoms with Gasteiger partial charge in [-0.25, -0.2) is 0 Å². The van der Waals surface area contributed by atoms with Crippen molar-refractivity contribution in [2.24, 2.45) is 0 Å². The second-order valence-corrected chi connectivity index (χ2v) is 4.94. The predicted molar refractivity (Wildman–Crippen MR) is 79.8 cm³/mol. The molecule has 0 radical (unpaired) electrons. The maximum atomic E-state index is 5.19. The van der Waals surface area contributed by atoms with E-state index in [4.69, 9.17) is 4.74 Å². The van der Waals surface area contributed by atoms with Crippen molar-refractivity contribution in [1.29, 1.82) is 0 Å². The SMILES string of the molecule is COc1ccc(-c2cc3cc(C)c(C)cc3[nH]2)cc1. The van der Waals surface area contributed by atoms with E-state index in [1.807, 2.05) is 12.1 Å². The molecule has 0 bridgehead atoms. The minimum absolute atomic E-state index is 0.881. The van der Waals surface area contributed by atoms with Gasteiger partial charge in [-0.1, -0.05) is 0 Å². The van der Waals surface area contributed by atoms with E-state index in [9.17, 15) is 0 Å². The standard InChI is InChI=1S/C17H17NO/c1-11-8-14-10-17(18-16(14)9-12(11)2)13-4-6-15(19-3)7-5-13/h4-10,18H,1-3H3. The number of aromatic nitrogens is 1. The first-order valence-corrected chi connectivity index (χ1v) is 6.42. The highest BCUT2D eigenvalue weighted by molar-refractivity contribution is 5.87. The molecule has 1 aromatic heterocycles. The van der Waals surface area contributed by atoms with Crippen LogP contribution >= 0.6 is 0 Å². The number of hydrogen-bond acceptors (Lipinski definition) is 1. The van der Waals surface area contributed by atoms with Gasteiger partial charge in [0.25, 0.3) is 0 Å². The molecule has 0 spiro atoms. The minimum atomic E-state index is 0.881. The van der Waals surface area contributed by atoms with Crippen LogP contribution in [0.4, 0.5) is 0 Å². The third-order valence-electron chi connectivity index (χ3n) is 3.64. The molecule has 0 amide bonds. The van der Waals surface area contributed by atoms with Gasteiger partial charge in [-0.15, -0.1) is 0 Å². The Balaban J connectivity index is 2.09. The summed E-state index contributed by atoms with van der Waals surface area (Å²) in [6, 6.07) is 14.7. The van der Waals surface area contributed by atoms with Crippen LogP contribution in [-0.2, 0) is 0 Å². The number of fused-ring (bicyclic) bond motifs is 1. The Morgan fingerprint density at radius 1 is 0.895 bits per heavy atom. The molecule has 0 aliphatic heterocycles. The fourth-order valence-electron chi connectivity index (χ4n) is 2.33. The Bertz CT molecular complexity index is 684. The molecule has 0 aliphatic rings. The Labute approximate surface area is 113 Å². The van der Waals surface area contributed by atoms with Crippen LogP contribution in [0.15, 0.2) is 42.5 Å². The quantitative estimate of drug-likeness (QED) is 0.714. The average molecular weight is 251 g/mol. The lowest BCUT2D eigenvalue weighted by Gasteiger charge is -2.01. The summed E-state index contributed by atoms with van der Waals surface area (Å²) >= 11 is 0. The van der Waals surface area contributed by atoms with Crippen LogP contribution in [0.1, 0.15) is 11.1 Å². The predicted octanol–water partition coefficient (Wildman–Crippen LogP) is 4.46. The molecule has 0 saturated carbocycles. The Hall–Kier alpha value is -2.22. The van der Waals surface area contributed by atoms with E-state index in [0.717, 1.165) is 11.4 Å². The van der Waals surface area contributed by atoms with Crippen LogP contribution in [0.2, 0.25) is 0 Å². The first-order valence-electron chi connectivity index (χ1n) is 6.42. The van der Waals surface area contributed by atoms with E-state index < -0.39 is 0 Å². The molecular weight excluding hydrogens is 234 g/mol. The average Bonchev–Trinajstić information content (AvgIpc) is 2.82. The minimum Gasteiger partial charge on any atom is -0.497 e. The fraction of sp³-hybridized carbons (Fsp3) is 0.176. The van der Waals surface area contributed by atoms with Gasteiger partial charge >= 0.3 is 0 Å². The Morgan fingerprint density at radius 2 is 1.58 bits per heavy atom. The number of methoxy groups -OCH3 is 1. The number of aryl methyl sites for hydroxylation is 2. The van der Waals surface area contributed by atoms with E-state index in [1.54, 1.807) is 7.11 Å². The second-order valence-electron chi connectivity index (χ2n) is 4.94. The van der Waals surface area contributed by atoms with Crippen LogP contribution in [0.5, 0.6) is 5.75 Å². The molecule has 0 aliphatic carbocycles. The summed E-state index contributed by atoms with van der Waals surface area (Å²) in [7, 11) is 1.68. The monoisotopic (exact) mass is 251 g/mol. The summed E-state index contributed by atoms with van der Waals surface area (Å²) in [6.07, 6.45) is 0. The highest BCUT2D eigenvalue weighted by Gasteiger charge is 2.05. The molecular formula is C17H17NO. The summed E-state index contributed by atoms with van der Waals surface area (Å²) in [4.78, 5) is 3.48. The van der Waals surface area contributed by atoms with Crippen molar-refractivity contribution >= 4 is 10.9 Å². The number of hydrogen-bond donors (Lipinski definition) is 1. The third-order valence-corrected chi connectivity index (χ3v) is 3.64. The summed E-state index contributed by atoms with van der Waals surface area (Å²) in [6.45, 7) is 4.29. The number of H-pyrrole nitrogens is 1. The lowest BCUT2D eigenvalue weighted by molar-refractivity contribution is 0.415. The smallest absolute Gasteiger partial charge is 0.118 e. The third kappa shape index (κ3) is 2.10. The molecule has 0 unspecified atom stereocenters. The normalized spacial score (nSPS) is 10.9. The van der Waals surface area contributed by atoms with Crippen LogP contribution in [-0.4, -0.2) is 12.1 Å². The molecule has 0 saturated heterocycles. The van der Waals surface area contributed by atoms with Crippen molar-refractivity contribution in [2.75, 3.05) is 7.11 Å². The summed E-state index contributed by atoms with van der Waals surface area (Å²) < 4.78 is 5.19. The Kier molecular flexibility index (Phi) is 2.79. The largest absolute Gasteiger partial charge is 0.497 e. The molecule has 3 rings (SSSR count).